The van der Waals surface area contributed by atoms with Gasteiger partial charge in [0.1, 0.15) is 30.2 Å². The minimum atomic E-state index is -1.65. The number of aliphatic hydroxyl groups is 1. The molecular formula is C29H40N6O8. The van der Waals surface area contributed by atoms with E-state index in [-0.39, 0.29) is 18.8 Å². The molecule has 5 amide bonds. The third-order valence-electron chi connectivity index (χ3n) is 7.15. The van der Waals surface area contributed by atoms with E-state index in [1.165, 1.54) is 0 Å². The molecule has 2 heterocycles. The number of carboxylic acids is 1. The minimum absolute atomic E-state index is 0.0285. The van der Waals surface area contributed by atoms with Crippen molar-refractivity contribution in [3.8, 4) is 0 Å². The average Bonchev–Trinajstić information content (AvgIpc) is 3.34. The topological polar surface area (TPSA) is 219 Å². The number of nitrogens with one attached hydrogen (secondary N) is 6. The molecule has 14 heteroatoms. The van der Waals surface area contributed by atoms with Crippen LogP contribution in [-0.4, -0.2) is 87.5 Å². The largest absolute Gasteiger partial charge is 0.481 e. The summed E-state index contributed by atoms with van der Waals surface area (Å²) in [6, 6.07) is 0.628. The Kier molecular flexibility index (Phi) is 11.2. The number of aromatic amines is 1. The highest BCUT2D eigenvalue weighted by atomic mass is 16.4. The fourth-order valence-electron chi connectivity index (χ4n) is 4.88. The number of carbonyl (C=O) groups is 6. The van der Waals surface area contributed by atoms with Crippen molar-refractivity contribution in [1.29, 1.82) is 0 Å². The van der Waals surface area contributed by atoms with Gasteiger partial charge in [-0.05, 0) is 29.9 Å². The van der Waals surface area contributed by atoms with Crippen molar-refractivity contribution in [3.05, 3.63) is 36.0 Å². The van der Waals surface area contributed by atoms with Crippen LogP contribution in [0.4, 0.5) is 0 Å². The van der Waals surface area contributed by atoms with Crippen LogP contribution in [0.1, 0.15) is 46.1 Å². The Labute approximate surface area is 248 Å². The van der Waals surface area contributed by atoms with Crippen molar-refractivity contribution in [3.63, 3.8) is 0 Å². The molecule has 0 unspecified atom stereocenters. The van der Waals surface area contributed by atoms with Crippen molar-refractivity contribution < 1.29 is 39.0 Å². The zero-order valence-corrected chi connectivity index (χ0v) is 24.6. The zero-order valence-electron chi connectivity index (χ0n) is 24.6. The first kappa shape index (κ1) is 33.0. The van der Waals surface area contributed by atoms with Gasteiger partial charge in [0, 0.05) is 23.5 Å². The summed E-state index contributed by atoms with van der Waals surface area (Å²) in [4.78, 5) is 81.4. The van der Waals surface area contributed by atoms with Crippen LogP contribution in [0.5, 0.6) is 0 Å². The van der Waals surface area contributed by atoms with E-state index in [0.717, 1.165) is 10.9 Å². The molecule has 3 rings (SSSR count). The Morgan fingerprint density at radius 1 is 0.767 bits per heavy atom. The summed E-state index contributed by atoms with van der Waals surface area (Å²) in [6.07, 6.45) is 1.03. The maximum absolute atomic E-state index is 13.6. The van der Waals surface area contributed by atoms with E-state index in [1.54, 1.807) is 20.0 Å². The van der Waals surface area contributed by atoms with Gasteiger partial charge in [0.2, 0.25) is 29.5 Å². The average molecular weight is 601 g/mol. The molecule has 0 aliphatic carbocycles. The lowest BCUT2D eigenvalue weighted by molar-refractivity contribution is -0.141. The van der Waals surface area contributed by atoms with E-state index in [4.69, 9.17) is 0 Å². The lowest BCUT2D eigenvalue weighted by atomic mass is 9.98. The number of hydrogen-bond acceptors (Lipinski definition) is 7. The van der Waals surface area contributed by atoms with Gasteiger partial charge in [0.05, 0.1) is 13.0 Å². The van der Waals surface area contributed by atoms with Gasteiger partial charge in [-0.3, -0.25) is 28.8 Å². The quantitative estimate of drug-likeness (QED) is 0.194. The van der Waals surface area contributed by atoms with Gasteiger partial charge in [0.25, 0.3) is 0 Å². The number of carbonyl (C=O) groups excluding carboxylic acids is 5. The van der Waals surface area contributed by atoms with Crippen molar-refractivity contribution in [2.45, 2.75) is 77.2 Å². The molecule has 14 nitrogen and oxygen atoms in total. The molecule has 1 aliphatic rings. The SMILES string of the molecule is CC(C)C[C@@H]1NC(=O)[C@@H](C(C)C)NC(=O)[C@H](CO)NC(=O)[C@@H](CC(=O)O)NC(=O)[C@@H](Cc2c[nH]c3ccccc23)NC1=O. The molecule has 1 aliphatic heterocycles. The number of aliphatic hydroxyl groups excluding tert-OH is 1. The predicted octanol–water partition coefficient (Wildman–Crippen LogP) is -0.683. The molecule has 5 atom stereocenters. The molecule has 0 saturated carbocycles. The first-order chi connectivity index (χ1) is 20.3. The maximum Gasteiger partial charge on any atom is 0.305 e. The zero-order chi connectivity index (χ0) is 31.8. The molecule has 43 heavy (non-hydrogen) atoms. The van der Waals surface area contributed by atoms with Crippen LogP contribution in [0.15, 0.2) is 30.5 Å². The van der Waals surface area contributed by atoms with Crippen LogP contribution in [-0.2, 0) is 35.2 Å². The summed E-state index contributed by atoms with van der Waals surface area (Å²) in [6.45, 7) is 6.19. The number of rotatable bonds is 8. The lowest BCUT2D eigenvalue weighted by Gasteiger charge is -2.28. The second-order valence-electron chi connectivity index (χ2n) is 11.4. The number of H-pyrrole nitrogens is 1. The van der Waals surface area contributed by atoms with E-state index in [9.17, 15) is 39.0 Å². The fraction of sp³-hybridized carbons (Fsp3) is 0.517. The Hall–Kier alpha value is -4.46. The molecule has 0 spiro atoms. The first-order valence-corrected chi connectivity index (χ1v) is 14.2. The summed E-state index contributed by atoms with van der Waals surface area (Å²) in [5, 5.41) is 32.6. The Morgan fingerprint density at radius 3 is 1.95 bits per heavy atom. The standard InChI is InChI=1S/C29H40N6O8/c1-14(2)9-19-25(39)31-20(10-16-12-30-18-8-6-5-7-17(16)18)26(40)32-21(11-23(37)38)27(41)34-22(13-36)28(42)35-24(15(3)4)29(43)33-19/h5-8,12,14-15,19-22,24,30,36H,9-11,13H2,1-4H3,(H,31,39)(H,32,40)(H,33,43)(H,34,41)(H,35,42)(H,37,38)/t19-,20+,21+,22-,24+/m0/s1. The predicted molar refractivity (Wildman–Crippen MR) is 155 cm³/mol. The first-order valence-electron chi connectivity index (χ1n) is 14.2. The van der Waals surface area contributed by atoms with Crippen molar-refractivity contribution in [2.75, 3.05) is 6.61 Å². The molecule has 1 fully saturated rings. The van der Waals surface area contributed by atoms with Gasteiger partial charge in [-0.25, -0.2) is 0 Å². The van der Waals surface area contributed by atoms with E-state index in [1.807, 2.05) is 38.1 Å². The van der Waals surface area contributed by atoms with Crippen LogP contribution >= 0.6 is 0 Å². The number of fused-ring (bicyclic) bond motifs is 1. The number of amides is 5. The summed E-state index contributed by atoms with van der Waals surface area (Å²) >= 11 is 0. The Morgan fingerprint density at radius 2 is 1.33 bits per heavy atom. The van der Waals surface area contributed by atoms with Crippen molar-refractivity contribution in [1.82, 2.24) is 31.6 Å². The molecular weight excluding hydrogens is 560 g/mol. The van der Waals surface area contributed by atoms with E-state index >= 15 is 0 Å². The molecule has 8 N–H and O–H groups in total. The highest BCUT2D eigenvalue weighted by molar-refractivity contribution is 5.99. The number of aromatic nitrogens is 1. The highest BCUT2D eigenvalue weighted by Crippen LogP contribution is 2.20. The number of carboxylic acid groups (broad SMARTS) is 1. The van der Waals surface area contributed by atoms with Gasteiger partial charge >= 0.3 is 5.97 Å². The van der Waals surface area contributed by atoms with Crippen LogP contribution in [0.3, 0.4) is 0 Å². The van der Waals surface area contributed by atoms with Gasteiger partial charge in [-0.15, -0.1) is 0 Å². The molecule has 234 valence electrons. The van der Waals surface area contributed by atoms with Gasteiger partial charge in [0.15, 0.2) is 0 Å². The number of benzene rings is 1. The molecule has 2 aromatic rings. The van der Waals surface area contributed by atoms with Gasteiger partial charge in [-0.1, -0.05) is 45.9 Å². The number of para-hydroxylation sites is 1. The summed E-state index contributed by atoms with van der Waals surface area (Å²) in [5.74, 6) is -6.03. The minimum Gasteiger partial charge on any atom is -0.481 e. The van der Waals surface area contributed by atoms with E-state index in [2.05, 4.69) is 31.6 Å². The number of hydrogen-bond donors (Lipinski definition) is 8. The normalized spacial score (nSPS) is 24.4. The third-order valence-corrected chi connectivity index (χ3v) is 7.15. The van der Waals surface area contributed by atoms with Crippen LogP contribution in [0.25, 0.3) is 10.9 Å². The number of aliphatic carboxylic acids is 1. The van der Waals surface area contributed by atoms with Crippen LogP contribution in [0.2, 0.25) is 0 Å². The molecule has 1 aromatic carbocycles. The summed E-state index contributed by atoms with van der Waals surface area (Å²) < 4.78 is 0. The molecule has 0 bridgehead atoms. The molecule has 1 saturated heterocycles. The van der Waals surface area contributed by atoms with Crippen LogP contribution in [0, 0.1) is 11.8 Å². The second-order valence-corrected chi connectivity index (χ2v) is 11.4. The molecule has 1 aromatic heterocycles. The van der Waals surface area contributed by atoms with E-state index < -0.39 is 84.7 Å². The Balaban J connectivity index is 2.07. The Bertz CT molecular complexity index is 1360. The maximum atomic E-state index is 13.6. The summed E-state index contributed by atoms with van der Waals surface area (Å²) in [7, 11) is 0. The molecule has 0 radical (unpaired) electrons. The summed E-state index contributed by atoms with van der Waals surface area (Å²) in [5.41, 5.74) is 1.47. The smallest absolute Gasteiger partial charge is 0.305 e. The van der Waals surface area contributed by atoms with Crippen molar-refractivity contribution in [2.24, 2.45) is 11.8 Å². The second kappa shape index (κ2) is 14.6. The van der Waals surface area contributed by atoms with Gasteiger partial charge in [-0.2, -0.15) is 0 Å². The third kappa shape index (κ3) is 8.77. The highest BCUT2D eigenvalue weighted by Gasteiger charge is 2.36. The van der Waals surface area contributed by atoms with Crippen LogP contribution < -0.4 is 26.6 Å². The van der Waals surface area contributed by atoms with Gasteiger partial charge < -0.3 is 41.8 Å². The van der Waals surface area contributed by atoms with E-state index in [0.29, 0.717) is 5.56 Å². The monoisotopic (exact) mass is 600 g/mol. The lowest BCUT2D eigenvalue weighted by Crippen LogP contribution is -2.59. The van der Waals surface area contributed by atoms with Crippen molar-refractivity contribution >= 4 is 46.4 Å². The fourth-order valence-corrected chi connectivity index (χ4v) is 4.88.